The van der Waals surface area contributed by atoms with Gasteiger partial charge in [-0.2, -0.15) is 0 Å². The molecule has 3 N–H and O–H groups in total. The molecule has 2 amide bonds. The van der Waals surface area contributed by atoms with Gasteiger partial charge in [-0.3, -0.25) is 13.9 Å². The van der Waals surface area contributed by atoms with Crippen molar-refractivity contribution in [2.45, 2.75) is 11.8 Å². The molecule has 0 bridgehead atoms. The highest BCUT2D eigenvalue weighted by molar-refractivity contribution is 7.92. The number of carbonyl (C=O) groups excluding carboxylic acids is 2. The van der Waals surface area contributed by atoms with Crippen molar-refractivity contribution in [1.82, 2.24) is 0 Å². The summed E-state index contributed by atoms with van der Waals surface area (Å²) >= 11 is 0. The first-order valence-corrected chi connectivity index (χ1v) is 11.1. The number of hydrogen-bond donors (Lipinski definition) is 2. The third-order valence-electron chi connectivity index (χ3n) is 5.08. The molecule has 3 aromatic carbocycles. The van der Waals surface area contributed by atoms with Gasteiger partial charge in [0, 0.05) is 29.4 Å². The second-order valence-electron chi connectivity index (χ2n) is 7.12. The minimum atomic E-state index is -3.93. The summed E-state index contributed by atoms with van der Waals surface area (Å²) < 4.78 is 46.5. The largest absolute Gasteiger partial charge is 0.495 e. The Kier molecular flexibility index (Phi) is 6.68. The molecule has 0 heterocycles. The topological polar surface area (TPSA) is 119 Å². The average Bonchev–Trinajstić information content (AvgIpc) is 2.81. The Morgan fingerprint density at radius 2 is 1.67 bits per heavy atom. The fraction of sp³-hybridized carbons (Fsp3) is 0.130. The van der Waals surface area contributed by atoms with E-state index in [1.54, 1.807) is 24.3 Å². The van der Waals surface area contributed by atoms with Crippen LogP contribution in [0.2, 0.25) is 0 Å². The second kappa shape index (κ2) is 9.29. The number of halogens is 1. The number of benzene rings is 3. The molecule has 0 aromatic heterocycles. The van der Waals surface area contributed by atoms with Crippen LogP contribution in [0, 0.1) is 12.7 Å². The SMILES string of the molecule is COc1ccccc1N(C)S(=O)(=O)c1ccc(C(=O)Nc2cc(C(N)=O)cc(F)c2C)cc1. The number of methoxy groups -OCH3 is 1. The summed E-state index contributed by atoms with van der Waals surface area (Å²) in [5.74, 6) is -1.75. The first-order valence-electron chi connectivity index (χ1n) is 9.69. The number of ether oxygens (including phenoxy) is 1. The Balaban J connectivity index is 1.85. The van der Waals surface area contributed by atoms with E-state index >= 15 is 0 Å². The number of anilines is 2. The first kappa shape index (κ1) is 23.7. The van der Waals surface area contributed by atoms with E-state index < -0.39 is 27.7 Å². The standard InChI is InChI=1S/C23H22FN3O5S/c1-14-18(24)12-16(22(25)28)13-19(14)26-23(29)15-8-10-17(11-9-15)33(30,31)27(2)20-6-4-5-7-21(20)32-3/h4-13H,1-3H3,(H2,25,28)(H,26,29). The molecule has 3 aromatic rings. The minimum Gasteiger partial charge on any atom is -0.495 e. The van der Waals surface area contributed by atoms with Gasteiger partial charge in [0.15, 0.2) is 0 Å². The summed E-state index contributed by atoms with van der Waals surface area (Å²) in [5, 5.41) is 2.52. The zero-order valence-electron chi connectivity index (χ0n) is 18.1. The summed E-state index contributed by atoms with van der Waals surface area (Å²) in [6.45, 7) is 1.44. The normalized spacial score (nSPS) is 11.0. The van der Waals surface area contributed by atoms with Crippen LogP contribution in [0.25, 0.3) is 0 Å². The first-order chi connectivity index (χ1) is 15.6. The molecule has 0 aliphatic heterocycles. The molecule has 0 aliphatic carbocycles. The van der Waals surface area contributed by atoms with E-state index in [2.05, 4.69) is 5.32 Å². The van der Waals surface area contributed by atoms with E-state index in [9.17, 15) is 22.4 Å². The fourth-order valence-corrected chi connectivity index (χ4v) is 4.31. The van der Waals surface area contributed by atoms with Crippen LogP contribution in [0.3, 0.4) is 0 Å². The summed E-state index contributed by atoms with van der Waals surface area (Å²) in [6, 6.07) is 14.2. The maximum atomic E-state index is 14.1. The van der Waals surface area contributed by atoms with Crippen LogP contribution in [0.1, 0.15) is 26.3 Å². The Morgan fingerprint density at radius 1 is 1.03 bits per heavy atom. The van der Waals surface area contributed by atoms with Crippen LogP contribution < -0.4 is 20.1 Å². The minimum absolute atomic E-state index is 0.0367. The molecule has 8 nitrogen and oxygen atoms in total. The zero-order valence-corrected chi connectivity index (χ0v) is 18.9. The number of amides is 2. The number of nitrogens with zero attached hydrogens (tertiary/aromatic N) is 1. The maximum absolute atomic E-state index is 14.1. The molecule has 0 aliphatic rings. The van der Waals surface area contributed by atoms with Crippen LogP contribution >= 0.6 is 0 Å². The van der Waals surface area contributed by atoms with E-state index in [4.69, 9.17) is 10.5 Å². The van der Waals surface area contributed by atoms with Crippen molar-refractivity contribution in [1.29, 1.82) is 0 Å². The Morgan fingerprint density at radius 3 is 2.27 bits per heavy atom. The van der Waals surface area contributed by atoms with Gasteiger partial charge < -0.3 is 15.8 Å². The predicted molar refractivity (Wildman–Crippen MR) is 123 cm³/mol. The molecule has 0 spiro atoms. The van der Waals surface area contributed by atoms with Crippen LogP contribution in [0.15, 0.2) is 65.6 Å². The molecule has 0 fully saturated rings. The van der Waals surface area contributed by atoms with Crippen molar-refractivity contribution in [3.63, 3.8) is 0 Å². The van der Waals surface area contributed by atoms with Gasteiger partial charge in [0.2, 0.25) is 5.91 Å². The lowest BCUT2D eigenvalue weighted by Gasteiger charge is -2.21. The highest BCUT2D eigenvalue weighted by atomic mass is 32.2. The van der Waals surface area contributed by atoms with Crippen molar-refractivity contribution in [3.05, 3.63) is 83.2 Å². The van der Waals surface area contributed by atoms with Gasteiger partial charge in [-0.15, -0.1) is 0 Å². The van der Waals surface area contributed by atoms with Crippen molar-refractivity contribution >= 4 is 33.2 Å². The molecular formula is C23H22FN3O5S. The molecular weight excluding hydrogens is 449 g/mol. The van der Waals surface area contributed by atoms with Crippen LogP contribution in [-0.4, -0.2) is 34.4 Å². The highest BCUT2D eigenvalue weighted by Gasteiger charge is 2.24. The highest BCUT2D eigenvalue weighted by Crippen LogP contribution is 2.31. The quantitative estimate of drug-likeness (QED) is 0.548. The van der Waals surface area contributed by atoms with Gasteiger partial charge in [0.05, 0.1) is 17.7 Å². The van der Waals surface area contributed by atoms with Crippen LogP contribution in [-0.2, 0) is 10.0 Å². The predicted octanol–water partition coefficient (Wildman–Crippen LogP) is 3.32. The Labute approximate surface area is 190 Å². The van der Waals surface area contributed by atoms with E-state index in [0.717, 1.165) is 10.4 Å². The Bertz CT molecular complexity index is 1320. The van der Waals surface area contributed by atoms with Gasteiger partial charge in [0.25, 0.3) is 15.9 Å². The number of para-hydroxylation sites is 2. The Hall–Kier alpha value is -3.92. The van der Waals surface area contributed by atoms with Crippen molar-refractivity contribution in [3.8, 4) is 5.75 Å². The number of hydrogen-bond acceptors (Lipinski definition) is 5. The average molecular weight is 472 g/mol. The number of nitrogens with one attached hydrogen (secondary N) is 1. The summed E-state index contributed by atoms with van der Waals surface area (Å²) in [4.78, 5) is 24.0. The zero-order chi connectivity index (χ0) is 24.3. The fourth-order valence-electron chi connectivity index (χ4n) is 3.10. The number of sulfonamides is 1. The second-order valence-corrected chi connectivity index (χ2v) is 9.09. The van der Waals surface area contributed by atoms with E-state index in [1.807, 2.05) is 0 Å². The molecule has 0 atom stereocenters. The lowest BCUT2D eigenvalue weighted by atomic mass is 10.1. The van der Waals surface area contributed by atoms with Crippen LogP contribution in [0.4, 0.5) is 15.8 Å². The smallest absolute Gasteiger partial charge is 0.264 e. The molecule has 33 heavy (non-hydrogen) atoms. The molecule has 3 rings (SSSR count). The molecule has 172 valence electrons. The van der Waals surface area contributed by atoms with Gasteiger partial charge in [-0.1, -0.05) is 12.1 Å². The maximum Gasteiger partial charge on any atom is 0.264 e. The number of primary amides is 1. The lowest BCUT2D eigenvalue weighted by molar-refractivity contribution is 0.0995. The molecule has 0 saturated carbocycles. The molecule has 10 heteroatoms. The van der Waals surface area contributed by atoms with Crippen molar-refractivity contribution in [2.24, 2.45) is 5.73 Å². The third-order valence-corrected chi connectivity index (χ3v) is 6.86. The van der Waals surface area contributed by atoms with E-state index in [0.29, 0.717) is 11.4 Å². The summed E-state index contributed by atoms with van der Waals surface area (Å²) in [6.07, 6.45) is 0. The van der Waals surface area contributed by atoms with Crippen molar-refractivity contribution in [2.75, 3.05) is 23.8 Å². The molecule has 0 saturated heterocycles. The van der Waals surface area contributed by atoms with E-state index in [1.165, 1.54) is 51.4 Å². The molecule has 0 radical (unpaired) electrons. The van der Waals surface area contributed by atoms with Gasteiger partial charge in [0.1, 0.15) is 11.6 Å². The van der Waals surface area contributed by atoms with Crippen molar-refractivity contribution < 1.29 is 27.1 Å². The monoisotopic (exact) mass is 471 g/mol. The third kappa shape index (κ3) is 4.80. The van der Waals surface area contributed by atoms with Gasteiger partial charge >= 0.3 is 0 Å². The number of rotatable bonds is 7. The summed E-state index contributed by atoms with van der Waals surface area (Å²) in [7, 11) is -1.09. The number of carbonyl (C=O) groups is 2. The summed E-state index contributed by atoms with van der Waals surface area (Å²) in [5.41, 5.74) is 5.82. The van der Waals surface area contributed by atoms with E-state index in [-0.39, 0.29) is 27.3 Å². The number of nitrogens with two attached hydrogens (primary N) is 1. The lowest BCUT2D eigenvalue weighted by Crippen LogP contribution is -2.27. The van der Waals surface area contributed by atoms with Crippen LogP contribution in [0.5, 0.6) is 5.75 Å². The molecule has 0 unspecified atom stereocenters. The van der Waals surface area contributed by atoms with Gasteiger partial charge in [-0.05, 0) is 55.5 Å². The van der Waals surface area contributed by atoms with Gasteiger partial charge in [-0.25, -0.2) is 12.8 Å².